The van der Waals surface area contributed by atoms with E-state index in [1.807, 2.05) is 12.1 Å². The summed E-state index contributed by atoms with van der Waals surface area (Å²) in [5.41, 5.74) is 1.18. The Morgan fingerprint density at radius 1 is 1.25 bits per heavy atom. The summed E-state index contributed by atoms with van der Waals surface area (Å²) in [4.78, 5) is 2.53. The summed E-state index contributed by atoms with van der Waals surface area (Å²) >= 11 is 5.96. The van der Waals surface area contributed by atoms with E-state index in [0.717, 1.165) is 26.2 Å². The highest BCUT2D eigenvalue weighted by Gasteiger charge is 2.33. The largest absolute Gasteiger partial charge is 0.314 e. The molecule has 1 atom stereocenters. The molecule has 2 fully saturated rings. The van der Waals surface area contributed by atoms with Crippen molar-refractivity contribution in [3.05, 3.63) is 34.6 Å². The lowest BCUT2D eigenvalue weighted by molar-refractivity contribution is 0.0837. The van der Waals surface area contributed by atoms with Gasteiger partial charge in [-0.2, -0.15) is 0 Å². The van der Waals surface area contributed by atoms with Gasteiger partial charge in [0.1, 0.15) is 5.82 Å². The molecule has 1 aliphatic carbocycles. The number of benzene rings is 1. The third kappa shape index (κ3) is 3.28. The van der Waals surface area contributed by atoms with E-state index in [1.54, 1.807) is 0 Å². The predicted octanol–water partition coefficient (Wildman–Crippen LogP) is 3.65. The van der Waals surface area contributed by atoms with Crippen molar-refractivity contribution in [3.8, 4) is 0 Å². The van der Waals surface area contributed by atoms with Crippen molar-refractivity contribution in [1.82, 2.24) is 10.2 Å². The van der Waals surface area contributed by atoms with Gasteiger partial charge in [0.05, 0.1) is 5.02 Å². The first-order valence-corrected chi connectivity index (χ1v) is 7.53. The molecular formula is C15H21Cl2FN2. The molecule has 5 heteroatoms. The van der Waals surface area contributed by atoms with Crippen molar-refractivity contribution in [2.45, 2.75) is 25.3 Å². The van der Waals surface area contributed by atoms with Gasteiger partial charge in [0, 0.05) is 32.2 Å². The Balaban J connectivity index is 0.00000147. The quantitative estimate of drug-likeness (QED) is 0.915. The van der Waals surface area contributed by atoms with Gasteiger partial charge in [0.25, 0.3) is 0 Å². The first-order valence-electron chi connectivity index (χ1n) is 7.15. The summed E-state index contributed by atoms with van der Waals surface area (Å²) in [6, 6.07) is 5.65. The molecule has 0 aromatic heterocycles. The highest BCUT2D eigenvalue weighted by atomic mass is 35.5. The van der Waals surface area contributed by atoms with Crippen LogP contribution >= 0.6 is 24.0 Å². The molecule has 1 heterocycles. The third-order valence-corrected chi connectivity index (χ3v) is 4.72. The van der Waals surface area contributed by atoms with Crippen LogP contribution in [0, 0.1) is 11.7 Å². The van der Waals surface area contributed by atoms with Crippen LogP contribution in [0.15, 0.2) is 18.2 Å². The Bertz CT molecular complexity index is 445. The number of nitrogens with zero attached hydrogens (tertiary/aromatic N) is 1. The topological polar surface area (TPSA) is 15.3 Å². The zero-order chi connectivity index (χ0) is 13.2. The number of piperazine rings is 1. The first-order chi connectivity index (χ1) is 9.25. The van der Waals surface area contributed by atoms with Crippen LogP contribution in [0.1, 0.15) is 30.9 Å². The van der Waals surface area contributed by atoms with Crippen LogP contribution < -0.4 is 5.32 Å². The van der Waals surface area contributed by atoms with Crippen LogP contribution in [0.3, 0.4) is 0 Å². The molecule has 0 unspecified atom stereocenters. The fourth-order valence-electron chi connectivity index (χ4n) is 3.19. The van der Waals surface area contributed by atoms with Crippen molar-refractivity contribution in [2.24, 2.45) is 5.92 Å². The zero-order valence-corrected chi connectivity index (χ0v) is 13.0. The lowest BCUT2D eigenvalue weighted by Gasteiger charge is -2.43. The van der Waals surface area contributed by atoms with E-state index >= 15 is 0 Å². The highest BCUT2D eigenvalue weighted by molar-refractivity contribution is 6.30. The van der Waals surface area contributed by atoms with Gasteiger partial charge < -0.3 is 5.32 Å². The molecule has 1 saturated carbocycles. The van der Waals surface area contributed by atoms with E-state index in [2.05, 4.69) is 10.2 Å². The molecule has 0 radical (unpaired) electrons. The fourth-order valence-corrected chi connectivity index (χ4v) is 3.38. The molecule has 0 bridgehead atoms. The Hall–Kier alpha value is -0.350. The van der Waals surface area contributed by atoms with Gasteiger partial charge in [-0.3, -0.25) is 4.90 Å². The van der Waals surface area contributed by atoms with Crippen molar-refractivity contribution < 1.29 is 4.39 Å². The molecule has 0 amide bonds. The number of hydrogen-bond acceptors (Lipinski definition) is 2. The van der Waals surface area contributed by atoms with E-state index < -0.39 is 0 Å². The van der Waals surface area contributed by atoms with Crippen molar-refractivity contribution >= 4 is 24.0 Å². The predicted molar refractivity (Wildman–Crippen MR) is 83.2 cm³/mol. The lowest BCUT2D eigenvalue weighted by atomic mass is 9.76. The van der Waals surface area contributed by atoms with E-state index in [0.29, 0.717) is 12.0 Å². The fraction of sp³-hybridized carbons (Fsp3) is 0.600. The molecule has 2 aliphatic rings. The Morgan fingerprint density at radius 3 is 2.50 bits per heavy atom. The average Bonchev–Trinajstić information content (AvgIpc) is 2.38. The minimum Gasteiger partial charge on any atom is -0.314 e. The van der Waals surface area contributed by atoms with Crippen molar-refractivity contribution in [3.63, 3.8) is 0 Å². The van der Waals surface area contributed by atoms with Crippen LogP contribution in [-0.4, -0.2) is 31.1 Å². The monoisotopic (exact) mass is 318 g/mol. The third-order valence-electron chi connectivity index (χ3n) is 4.43. The van der Waals surface area contributed by atoms with Gasteiger partial charge in [-0.15, -0.1) is 12.4 Å². The van der Waals surface area contributed by atoms with Crippen LogP contribution in [0.5, 0.6) is 0 Å². The minimum atomic E-state index is -0.321. The highest BCUT2D eigenvalue weighted by Crippen LogP contribution is 2.42. The van der Waals surface area contributed by atoms with Gasteiger partial charge in [0.2, 0.25) is 0 Å². The first kappa shape index (κ1) is 16.0. The number of nitrogens with one attached hydrogen (secondary N) is 1. The van der Waals surface area contributed by atoms with E-state index in [4.69, 9.17) is 11.6 Å². The SMILES string of the molecule is Cl.Fc1ccc([C@H](C2CCC2)N2CCNCC2)cc1Cl. The van der Waals surface area contributed by atoms with E-state index in [-0.39, 0.29) is 23.2 Å². The molecule has 2 nitrogen and oxygen atoms in total. The maximum atomic E-state index is 13.3. The molecule has 1 aliphatic heterocycles. The van der Waals surface area contributed by atoms with Gasteiger partial charge in [-0.1, -0.05) is 24.1 Å². The van der Waals surface area contributed by atoms with Gasteiger partial charge in [-0.05, 0) is 36.5 Å². The summed E-state index contributed by atoms with van der Waals surface area (Å²) in [5, 5.41) is 3.64. The maximum absolute atomic E-state index is 13.3. The molecular weight excluding hydrogens is 298 g/mol. The van der Waals surface area contributed by atoms with Crippen LogP contribution in [0.4, 0.5) is 4.39 Å². The second kappa shape index (κ2) is 7.08. The molecule has 0 spiro atoms. The smallest absolute Gasteiger partial charge is 0.141 e. The van der Waals surface area contributed by atoms with E-state index in [9.17, 15) is 4.39 Å². The van der Waals surface area contributed by atoms with Gasteiger partial charge in [0.15, 0.2) is 0 Å². The minimum absolute atomic E-state index is 0. The number of hydrogen-bond donors (Lipinski definition) is 1. The van der Waals surface area contributed by atoms with Crippen LogP contribution in [-0.2, 0) is 0 Å². The summed E-state index contributed by atoms with van der Waals surface area (Å²) in [7, 11) is 0. The van der Waals surface area contributed by atoms with Crippen molar-refractivity contribution in [1.29, 1.82) is 0 Å². The molecule has 1 saturated heterocycles. The number of halogens is 3. The van der Waals surface area contributed by atoms with Crippen LogP contribution in [0.2, 0.25) is 5.02 Å². The molecule has 3 rings (SSSR count). The maximum Gasteiger partial charge on any atom is 0.141 e. The van der Waals surface area contributed by atoms with Gasteiger partial charge >= 0.3 is 0 Å². The molecule has 1 aromatic rings. The van der Waals surface area contributed by atoms with Gasteiger partial charge in [-0.25, -0.2) is 4.39 Å². The standard InChI is InChI=1S/C15H20ClFN2.ClH/c16-13-10-12(4-5-14(13)17)15(11-2-1-3-11)19-8-6-18-7-9-19;/h4-5,10-11,15,18H,1-3,6-9H2;1H/t15-;/m0./s1. The summed E-state index contributed by atoms with van der Waals surface area (Å²) in [5.74, 6) is 0.387. The lowest BCUT2D eigenvalue weighted by Crippen LogP contribution is -2.47. The molecule has 112 valence electrons. The molecule has 1 aromatic carbocycles. The average molecular weight is 319 g/mol. The Morgan fingerprint density at radius 2 is 1.95 bits per heavy atom. The zero-order valence-electron chi connectivity index (χ0n) is 11.4. The Labute approximate surface area is 131 Å². The number of rotatable bonds is 3. The van der Waals surface area contributed by atoms with Crippen LogP contribution in [0.25, 0.3) is 0 Å². The summed E-state index contributed by atoms with van der Waals surface area (Å²) < 4.78 is 13.3. The normalized spacial score (nSPS) is 21.9. The van der Waals surface area contributed by atoms with E-state index in [1.165, 1.54) is 30.9 Å². The molecule has 1 N–H and O–H groups in total. The van der Waals surface area contributed by atoms with Crippen molar-refractivity contribution in [2.75, 3.05) is 26.2 Å². The second-order valence-corrected chi connectivity index (χ2v) is 6.00. The molecule has 20 heavy (non-hydrogen) atoms. The summed E-state index contributed by atoms with van der Waals surface area (Å²) in [6.45, 7) is 4.21. The Kier molecular flexibility index (Phi) is 5.67. The summed E-state index contributed by atoms with van der Waals surface area (Å²) in [6.07, 6.45) is 3.88. The second-order valence-electron chi connectivity index (χ2n) is 5.60.